The van der Waals surface area contributed by atoms with E-state index in [1.54, 1.807) is 30.3 Å². The Morgan fingerprint density at radius 3 is 2.39 bits per heavy atom. The normalized spacial score (nSPS) is 12.3. The molecule has 23 heavy (non-hydrogen) atoms. The van der Waals surface area contributed by atoms with Gasteiger partial charge < -0.3 is 9.52 Å². The molecule has 0 radical (unpaired) electrons. The first-order chi connectivity index (χ1) is 11.1. The van der Waals surface area contributed by atoms with Crippen LogP contribution in [0.5, 0.6) is 0 Å². The van der Waals surface area contributed by atoms with Crippen molar-refractivity contribution in [1.82, 2.24) is 9.78 Å². The second-order valence-electron chi connectivity index (χ2n) is 4.87. The molecule has 0 aliphatic rings. The van der Waals surface area contributed by atoms with Gasteiger partial charge in [-0.1, -0.05) is 24.3 Å². The monoisotopic (exact) mass is 318 g/mol. The van der Waals surface area contributed by atoms with Crippen molar-refractivity contribution < 1.29 is 18.3 Å². The van der Waals surface area contributed by atoms with Gasteiger partial charge in [0.2, 0.25) is 5.89 Å². The van der Waals surface area contributed by atoms with E-state index < -0.39 is 35.6 Å². The van der Waals surface area contributed by atoms with Gasteiger partial charge in [0.1, 0.15) is 17.7 Å². The van der Waals surface area contributed by atoms with Gasteiger partial charge in [-0.2, -0.15) is 4.68 Å². The molecule has 0 amide bonds. The maximum absolute atomic E-state index is 13.6. The predicted molar refractivity (Wildman–Crippen MR) is 77.5 cm³/mol. The van der Waals surface area contributed by atoms with Gasteiger partial charge in [-0.3, -0.25) is 0 Å². The molecule has 0 spiro atoms. The second-order valence-corrected chi connectivity index (χ2v) is 4.87. The van der Waals surface area contributed by atoms with Crippen LogP contribution in [-0.2, 0) is 6.54 Å². The quantitative estimate of drug-likeness (QED) is 0.802. The number of aliphatic hydroxyl groups excluding tert-OH is 1. The van der Waals surface area contributed by atoms with Crippen molar-refractivity contribution in [2.24, 2.45) is 0 Å². The number of halogens is 2. The zero-order chi connectivity index (χ0) is 16.4. The number of rotatable bonds is 4. The zero-order valence-corrected chi connectivity index (χ0v) is 11.8. The molecule has 118 valence electrons. The highest BCUT2D eigenvalue weighted by molar-refractivity contribution is 5.51. The van der Waals surface area contributed by atoms with Gasteiger partial charge >= 0.3 is 5.76 Å². The molecule has 1 aromatic heterocycles. The second kappa shape index (κ2) is 6.13. The third kappa shape index (κ3) is 3.04. The summed E-state index contributed by atoms with van der Waals surface area (Å²) in [4.78, 5) is 11.8. The van der Waals surface area contributed by atoms with Gasteiger partial charge in [0.15, 0.2) is 0 Å². The van der Waals surface area contributed by atoms with Crippen LogP contribution in [0.3, 0.4) is 0 Å². The summed E-state index contributed by atoms with van der Waals surface area (Å²) in [6, 6.07) is 11.9. The van der Waals surface area contributed by atoms with Crippen molar-refractivity contribution in [2.75, 3.05) is 0 Å². The van der Waals surface area contributed by atoms with E-state index in [-0.39, 0.29) is 5.89 Å². The van der Waals surface area contributed by atoms with E-state index in [0.717, 1.165) is 16.8 Å². The zero-order valence-electron chi connectivity index (χ0n) is 11.8. The van der Waals surface area contributed by atoms with Gasteiger partial charge in [0.05, 0.1) is 12.1 Å². The van der Waals surface area contributed by atoms with Crippen LogP contribution in [0.25, 0.3) is 11.5 Å². The number of hydrogen-bond acceptors (Lipinski definition) is 4. The summed E-state index contributed by atoms with van der Waals surface area (Å²) >= 11 is 0. The molecule has 0 fully saturated rings. The lowest BCUT2D eigenvalue weighted by molar-refractivity contribution is 0.139. The molecular formula is C16H12F2N2O3. The topological polar surface area (TPSA) is 68.3 Å². The molecule has 0 unspecified atom stereocenters. The fourth-order valence-corrected chi connectivity index (χ4v) is 2.20. The first kappa shape index (κ1) is 15.1. The minimum absolute atomic E-state index is 0.0665. The lowest BCUT2D eigenvalue weighted by Crippen LogP contribution is -2.21. The fourth-order valence-electron chi connectivity index (χ4n) is 2.20. The van der Waals surface area contributed by atoms with Crippen molar-refractivity contribution in [3.05, 3.63) is 76.3 Å². The molecule has 0 aliphatic carbocycles. The van der Waals surface area contributed by atoms with E-state index in [9.17, 15) is 18.7 Å². The van der Waals surface area contributed by atoms with E-state index in [1.165, 1.54) is 6.07 Å². The van der Waals surface area contributed by atoms with Crippen LogP contribution in [0.4, 0.5) is 8.78 Å². The van der Waals surface area contributed by atoms with Crippen molar-refractivity contribution in [3.63, 3.8) is 0 Å². The average molecular weight is 318 g/mol. The maximum Gasteiger partial charge on any atom is 0.437 e. The molecule has 0 aliphatic heterocycles. The Balaban J connectivity index is 1.89. The van der Waals surface area contributed by atoms with Crippen LogP contribution in [0.15, 0.2) is 57.7 Å². The van der Waals surface area contributed by atoms with Crippen LogP contribution in [0, 0.1) is 11.6 Å². The minimum atomic E-state index is -1.57. The Kier molecular flexibility index (Phi) is 4.03. The number of nitrogens with zero attached hydrogens (tertiary/aromatic N) is 2. The van der Waals surface area contributed by atoms with Gasteiger partial charge in [-0.15, -0.1) is 5.10 Å². The van der Waals surface area contributed by atoms with Crippen LogP contribution in [-0.4, -0.2) is 14.9 Å². The summed E-state index contributed by atoms with van der Waals surface area (Å²) in [5, 5.41) is 14.0. The largest absolute Gasteiger partial charge is 0.437 e. The highest BCUT2D eigenvalue weighted by atomic mass is 19.1. The summed E-state index contributed by atoms with van der Waals surface area (Å²) in [5.74, 6) is -2.54. The SMILES string of the molecule is O=c1oc(-c2ccccc2)nn1C[C@H](O)c1c(F)cccc1F. The average Bonchev–Trinajstić information content (AvgIpc) is 2.89. The van der Waals surface area contributed by atoms with E-state index in [2.05, 4.69) is 5.10 Å². The lowest BCUT2D eigenvalue weighted by atomic mass is 10.1. The smallest absolute Gasteiger partial charge is 0.388 e. The number of aliphatic hydroxyl groups is 1. The molecule has 1 N–H and O–H groups in total. The Hall–Kier alpha value is -2.80. The molecule has 1 atom stereocenters. The van der Waals surface area contributed by atoms with Gasteiger partial charge in [-0.25, -0.2) is 13.6 Å². The maximum atomic E-state index is 13.6. The van der Waals surface area contributed by atoms with Crippen LogP contribution >= 0.6 is 0 Å². The van der Waals surface area contributed by atoms with Gasteiger partial charge in [0.25, 0.3) is 0 Å². The Bertz CT molecular complexity index is 854. The summed E-state index contributed by atoms with van der Waals surface area (Å²) in [6.07, 6.45) is -1.57. The molecule has 2 aromatic carbocycles. The molecule has 3 rings (SSSR count). The van der Waals surface area contributed by atoms with Crippen molar-refractivity contribution >= 4 is 0 Å². The minimum Gasteiger partial charge on any atom is -0.388 e. The van der Waals surface area contributed by atoms with E-state index in [4.69, 9.17) is 4.42 Å². The van der Waals surface area contributed by atoms with E-state index in [1.807, 2.05) is 0 Å². The molecule has 0 bridgehead atoms. The number of hydrogen-bond donors (Lipinski definition) is 1. The summed E-state index contributed by atoms with van der Waals surface area (Å²) < 4.78 is 33.1. The number of benzene rings is 2. The summed E-state index contributed by atoms with van der Waals surface area (Å²) in [6.45, 7) is -0.424. The standard InChI is InChI=1S/C16H12F2N2O3/c17-11-7-4-8-12(18)14(11)13(21)9-20-16(22)23-15(19-20)10-5-2-1-3-6-10/h1-8,13,21H,9H2/t13-/m0/s1. The molecule has 3 aromatic rings. The summed E-state index contributed by atoms with van der Waals surface area (Å²) in [5.41, 5.74) is 0.0681. The van der Waals surface area contributed by atoms with E-state index in [0.29, 0.717) is 5.56 Å². The Morgan fingerprint density at radius 2 is 1.74 bits per heavy atom. The Morgan fingerprint density at radius 1 is 1.09 bits per heavy atom. The highest BCUT2D eigenvalue weighted by Gasteiger charge is 2.20. The van der Waals surface area contributed by atoms with Gasteiger partial charge in [0, 0.05) is 5.56 Å². The van der Waals surface area contributed by atoms with Crippen LogP contribution in [0.1, 0.15) is 11.7 Å². The van der Waals surface area contributed by atoms with Crippen molar-refractivity contribution in [3.8, 4) is 11.5 Å². The van der Waals surface area contributed by atoms with Crippen LogP contribution < -0.4 is 5.76 Å². The molecule has 0 saturated heterocycles. The molecular weight excluding hydrogens is 306 g/mol. The highest BCUT2D eigenvalue weighted by Crippen LogP contribution is 2.22. The van der Waals surface area contributed by atoms with Crippen LogP contribution in [0.2, 0.25) is 0 Å². The Labute approximate surface area is 129 Å². The first-order valence-electron chi connectivity index (χ1n) is 6.81. The summed E-state index contributed by atoms with van der Waals surface area (Å²) in [7, 11) is 0. The number of aromatic nitrogens is 2. The molecule has 0 saturated carbocycles. The predicted octanol–water partition coefficient (Wildman–Crippen LogP) is 2.52. The molecule has 5 nitrogen and oxygen atoms in total. The molecule has 7 heteroatoms. The van der Waals surface area contributed by atoms with Crippen molar-refractivity contribution in [1.29, 1.82) is 0 Å². The molecule has 1 heterocycles. The van der Waals surface area contributed by atoms with E-state index >= 15 is 0 Å². The first-order valence-corrected chi connectivity index (χ1v) is 6.81. The third-order valence-electron chi connectivity index (χ3n) is 3.31. The van der Waals surface area contributed by atoms with Gasteiger partial charge in [-0.05, 0) is 24.3 Å². The fraction of sp³-hybridized carbons (Fsp3) is 0.125. The van der Waals surface area contributed by atoms with Crippen molar-refractivity contribution in [2.45, 2.75) is 12.6 Å². The lowest BCUT2D eigenvalue weighted by Gasteiger charge is -2.11. The third-order valence-corrected chi connectivity index (χ3v) is 3.31.